The van der Waals surface area contributed by atoms with Gasteiger partial charge in [-0.1, -0.05) is 0 Å². The van der Waals surface area contributed by atoms with Crippen molar-refractivity contribution in [1.29, 1.82) is 0 Å². The number of benzene rings is 1. The summed E-state index contributed by atoms with van der Waals surface area (Å²) < 4.78 is 0.812. The van der Waals surface area contributed by atoms with Crippen LogP contribution in [0.5, 0.6) is 0 Å². The number of fused-ring (bicyclic) bond motifs is 1. The topological polar surface area (TPSA) is 81.0 Å². The van der Waals surface area contributed by atoms with Gasteiger partial charge in [-0.15, -0.1) is 22.7 Å². The third kappa shape index (κ3) is 2.35. The highest BCUT2D eigenvalue weighted by molar-refractivity contribution is 7.16. The van der Waals surface area contributed by atoms with Gasteiger partial charge in [0.2, 0.25) is 0 Å². The Morgan fingerprint density at radius 1 is 1.40 bits per heavy atom. The zero-order valence-electron chi connectivity index (χ0n) is 10.5. The summed E-state index contributed by atoms with van der Waals surface area (Å²) in [5, 5.41) is 17.2. The van der Waals surface area contributed by atoms with E-state index in [4.69, 9.17) is 0 Å². The first-order chi connectivity index (χ1) is 9.65. The van der Waals surface area contributed by atoms with Gasteiger partial charge in [-0.05, 0) is 19.1 Å². The molecule has 0 atom stereocenters. The first-order valence-corrected chi connectivity index (χ1v) is 7.56. The second-order valence-corrected chi connectivity index (χ2v) is 5.98. The molecule has 0 saturated heterocycles. The Balaban J connectivity index is 1.94. The van der Waals surface area contributed by atoms with Crippen molar-refractivity contribution in [2.75, 3.05) is 5.32 Å². The molecule has 0 amide bonds. The molecule has 0 saturated carbocycles. The van der Waals surface area contributed by atoms with Crippen molar-refractivity contribution in [2.45, 2.75) is 13.5 Å². The van der Waals surface area contributed by atoms with Gasteiger partial charge in [0.25, 0.3) is 0 Å². The maximum absolute atomic E-state index is 11.3. The van der Waals surface area contributed by atoms with Crippen molar-refractivity contribution >= 4 is 44.3 Å². The van der Waals surface area contributed by atoms with E-state index in [1.54, 1.807) is 11.6 Å². The lowest BCUT2D eigenvalue weighted by Crippen LogP contribution is -2.03. The summed E-state index contributed by atoms with van der Waals surface area (Å²) >= 11 is 2.92. The molecule has 0 aliphatic rings. The molecular weight excluding hydrogens is 296 g/mol. The fraction of sp³-hybridized carbons (Fsp3) is 0.167. The first kappa shape index (κ1) is 12.9. The molecule has 0 radical (unpaired) electrons. The molecule has 0 aliphatic heterocycles. The second kappa shape index (κ2) is 5.14. The predicted molar refractivity (Wildman–Crippen MR) is 80.5 cm³/mol. The Morgan fingerprint density at radius 3 is 2.95 bits per heavy atom. The van der Waals surface area contributed by atoms with E-state index in [1.165, 1.54) is 22.7 Å². The van der Waals surface area contributed by atoms with Gasteiger partial charge in [0.1, 0.15) is 10.7 Å². The van der Waals surface area contributed by atoms with Gasteiger partial charge in [-0.25, -0.2) is 9.97 Å². The summed E-state index contributed by atoms with van der Waals surface area (Å²) in [6, 6.07) is 3.56. The molecule has 3 rings (SSSR count). The average molecular weight is 306 g/mol. The molecule has 0 unspecified atom stereocenters. The average Bonchev–Trinajstić information content (AvgIpc) is 3.03. The van der Waals surface area contributed by atoms with Crippen LogP contribution in [0.2, 0.25) is 0 Å². The smallest absolute Gasteiger partial charge is 0.319 e. The number of hydrogen-bond acceptors (Lipinski definition) is 7. The maximum Gasteiger partial charge on any atom is 0.319 e. The number of nitro groups is 1. The maximum atomic E-state index is 11.3. The minimum atomic E-state index is -0.391. The van der Waals surface area contributed by atoms with Crippen LogP contribution < -0.4 is 5.32 Å². The van der Waals surface area contributed by atoms with Crippen molar-refractivity contribution in [3.05, 3.63) is 43.8 Å². The highest BCUT2D eigenvalue weighted by atomic mass is 32.1. The summed E-state index contributed by atoms with van der Waals surface area (Å²) in [6.45, 7) is 2.39. The van der Waals surface area contributed by atoms with Crippen LogP contribution in [-0.2, 0) is 6.54 Å². The van der Waals surface area contributed by atoms with Crippen molar-refractivity contribution in [3.63, 3.8) is 0 Å². The number of aromatic nitrogens is 2. The van der Waals surface area contributed by atoms with E-state index in [1.807, 2.05) is 18.4 Å². The predicted octanol–water partition coefficient (Wildman–Crippen LogP) is 3.58. The van der Waals surface area contributed by atoms with Gasteiger partial charge >= 0.3 is 5.69 Å². The van der Waals surface area contributed by atoms with Gasteiger partial charge in [0, 0.05) is 11.1 Å². The van der Waals surface area contributed by atoms with Gasteiger partial charge in [-0.2, -0.15) is 0 Å². The van der Waals surface area contributed by atoms with E-state index in [-0.39, 0.29) is 5.69 Å². The molecule has 102 valence electrons. The van der Waals surface area contributed by atoms with Crippen LogP contribution in [0.15, 0.2) is 23.0 Å². The van der Waals surface area contributed by atoms with Crippen molar-refractivity contribution in [1.82, 2.24) is 9.97 Å². The van der Waals surface area contributed by atoms with E-state index < -0.39 is 4.92 Å². The van der Waals surface area contributed by atoms with E-state index >= 15 is 0 Å². The monoisotopic (exact) mass is 306 g/mol. The number of anilines is 1. The lowest BCUT2D eigenvalue weighted by molar-refractivity contribution is -0.382. The van der Waals surface area contributed by atoms with Gasteiger partial charge < -0.3 is 5.32 Å². The van der Waals surface area contributed by atoms with Crippen molar-refractivity contribution in [2.24, 2.45) is 0 Å². The Hall–Kier alpha value is -2.06. The van der Waals surface area contributed by atoms with E-state index in [0.29, 0.717) is 17.7 Å². The SMILES string of the molecule is Cc1csc(CNc2ccc3scnc3c2[N+](=O)[O-])n1. The summed E-state index contributed by atoms with van der Waals surface area (Å²) in [5.41, 5.74) is 3.50. The van der Waals surface area contributed by atoms with Gasteiger partial charge in [-0.3, -0.25) is 10.1 Å². The lowest BCUT2D eigenvalue weighted by Gasteiger charge is -2.05. The molecule has 2 aromatic heterocycles. The lowest BCUT2D eigenvalue weighted by atomic mass is 10.2. The van der Waals surface area contributed by atoms with Crippen LogP contribution in [-0.4, -0.2) is 14.9 Å². The van der Waals surface area contributed by atoms with E-state index in [2.05, 4.69) is 15.3 Å². The first-order valence-electron chi connectivity index (χ1n) is 5.80. The Labute approximate surface area is 122 Å². The molecule has 2 heterocycles. The fourth-order valence-electron chi connectivity index (χ4n) is 1.90. The van der Waals surface area contributed by atoms with Crippen LogP contribution in [0.1, 0.15) is 10.7 Å². The number of nitrogens with one attached hydrogen (secondary N) is 1. The van der Waals surface area contributed by atoms with Gasteiger partial charge in [0.05, 0.1) is 21.7 Å². The normalized spacial score (nSPS) is 10.8. The summed E-state index contributed by atoms with van der Waals surface area (Å²) in [4.78, 5) is 19.3. The number of nitro benzene ring substituents is 1. The zero-order chi connectivity index (χ0) is 14.1. The molecule has 1 N–H and O–H groups in total. The van der Waals surface area contributed by atoms with Crippen molar-refractivity contribution in [3.8, 4) is 0 Å². The standard InChI is InChI=1S/C12H10N4O2S2/c1-7-5-19-10(15-7)4-13-8-2-3-9-11(14-6-20-9)12(8)16(17)18/h2-3,5-6,13H,4H2,1H3. The van der Waals surface area contributed by atoms with E-state index in [0.717, 1.165) is 15.4 Å². The molecule has 8 heteroatoms. The van der Waals surface area contributed by atoms with Crippen LogP contribution in [0.25, 0.3) is 10.2 Å². The molecule has 0 spiro atoms. The molecule has 1 aromatic carbocycles. The van der Waals surface area contributed by atoms with Crippen molar-refractivity contribution < 1.29 is 4.92 Å². The third-order valence-corrected chi connectivity index (χ3v) is 4.52. The Bertz CT molecular complexity index is 781. The number of rotatable bonds is 4. The van der Waals surface area contributed by atoms with E-state index in [9.17, 15) is 10.1 Å². The van der Waals surface area contributed by atoms with Crippen LogP contribution in [0.4, 0.5) is 11.4 Å². The quantitative estimate of drug-likeness (QED) is 0.588. The number of nitrogens with zero attached hydrogens (tertiary/aromatic N) is 3. The van der Waals surface area contributed by atoms with Crippen LogP contribution in [0.3, 0.4) is 0 Å². The van der Waals surface area contributed by atoms with Gasteiger partial charge in [0.15, 0.2) is 5.52 Å². The molecule has 0 fully saturated rings. The number of aryl methyl sites for hydroxylation is 1. The Kier molecular flexibility index (Phi) is 3.33. The van der Waals surface area contributed by atoms with Crippen LogP contribution >= 0.6 is 22.7 Å². The number of hydrogen-bond donors (Lipinski definition) is 1. The molecule has 20 heavy (non-hydrogen) atoms. The molecule has 0 bridgehead atoms. The fourth-order valence-corrected chi connectivity index (χ4v) is 3.29. The summed E-state index contributed by atoms with van der Waals surface area (Å²) in [6.07, 6.45) is 0. The Morgan fingerprint density at radius 2 is 2.25 bits per heavy atom. The summed E-state index contributed by atoms with van der Waals surface area (Å²) in [7, 11) is 0. The second-order valence-electron chi connectivity index (χ2n) is 4.15. The largest absolute Gasteiger partial charge is 0.373 e. The minimum Gasteiger partial charge on any atom is -0.373 e. The molecule has 6 nitrogen and oxygen atoms in total. The van der Waals surface area contributed by atoms with Crippen LogP contribution in [0, 0.1) is 17.0 Å². The minimum absolute atomic E-state index is 0.0250. The highest BCUT2D eigenvalue weighted by Crippen LogP contribution is 2.34. The molecule has 0 aliphatic carbocycles. The summed E-state index contributed by atoms with van der Waals surface area (Å²) in [5.74, 6) is 0. The zero-order valence-corrected chi connectivity index (χ0v) is 12.1. The highest BCUT2D eigenvalue weighted by Gasteiger charge is 2.20. The third-order valence-electron chi connectivity index (χ3n) is 2.75. The molecule has 3 aromatic rings. The number of thiazole rings is 2. The molecular formula is C12H10N4O2S2.